The molecule has 5 N–H and O–H groups in total. The molecule has 1 saturated heterocycles. The highest BCUT2D eigenvalue weighted by atomic mass is 15.3. The first-order valence-electron chi connectivity index (χ1n) is 5.98. The van der Waals surface area contributed by atoms with Gasteiger partial charge in [0.25, 0.3) is 0 Å². The summed E-state index contributed by atoms with van der Waals surface area (Å²) in [5, 5.41) is 3.32. The first kappa shape index (κ1) is 14.8. The van der Waals surface area contributed by atoms with E-state index in [2.05, 4.69) is 17.1 Å². The van der Waals surface area contributed by atoms with Crippen LogP contribution in [-0.2, 0) is 0 Å². The summed E-state index contributed by atoms with van der Waals surface area (Å²) < 4.78 is 0. The minimum Gasteiger partial charge on any atom is -0.402 e. The van der Waals surface area contributed by atoms with Gasteiger partial charge in [-0.3, -0.25) is 0 Å². The van der Waals surface area contributed by atoms with Crippen LogP contribution in [0.2, 0.25) is 0 Å². The molecule has 1 rings (SSSR count). The van der Waals surface area contributed by atoms with Crippen molar-refractivity contribution in [1.29, 1.82) is 0 Å². The van der Waals surface area contributed by atoms with Crippen LogP contribution >= 0.6 is 0 Å². The van der Waals surface area contributed by atoms with Crippen molar-refractivity contribution < 1.29 is 0 Å². The quantitative estimate of drug-likeness (QED) is 0.614. The molecule has 0 aromatic carbocycles. The van der Waals surface area contributed by atoms with E-state index in [0.29, 0.717) is 6.04 Å². The second kappa shape index (κ2) is 8.05. The molecule has 1 aliphatic heterocycles. The standard InChI is InChI=1S/C10H20N4.C2H6/c1-8(11)3-4-10(12)14-6-5-13-7-9(14)2;1-2/h3-4,9,13H,5-7,11-12H2,1-2H3;1-2H3/b8-3-,10-4+;. The maximum absolute atomic E-state index is 5.95. The Balaban J connectivity index is 0.00000106. The van der Waals surface area contributed by atoms with E-state index in [4.69, 9.17) is 11.5 Å². The molecule has 4 nitrogen and oxygen atoms in total. The van der Waals surface area contributed by atoms with Crippen molar-refractivity contribution in [3.63, 3.8) is 0 Å². The lowest BCUT2D eigenvalue weighted by atomic mass is 10.2. The van der Waals surface area contributed by atoms with Crippen molar-refractivity contribution >= 4 is 0 Å². The fraction of sp³-hybridized carbons (Fsp3) is 0.667. The Morgan fingerprint density at radius 1 is 1.31 bits per heavy atom. The van der Waals surface area contributed by atoms with Crippen LogP contribution in [0.3, 0.4) is 0 Å². The summed E-state index contributed by atoms with van der Waals surface area (Å²) in [7, 11) is 0. The van der Waals surface area contributed by atoms with Crippen LogP contribution in [0.25, 0.3) is 0 Å². The molecule has 1 heterocycles. The third-order valence-electron chi connectivity index (χ3n) is 2.35. The Labute approximate surface area is 99.4 Å². The summed E-state index contributed by atoms with van der Waals surface area (Å²) in [6.45, 7) is 10.9. The summed E-state index contributed by atoms with van der Waals surface area (Å²) in [6.07, 6.45) is 3.71. The van der Waals surface area contributed by atoms with Crippen molar-refractivity contribution in [1.82, 2.24) is 10.2 Å². The van der Waals surface area contributed by atoms with Crippen LogP contribution in [0.4, 0.5) is 0 Å². The largest absolute Gasteiger partial charge is 0.402 e. The van der Waals surface area contributed by atoms with E-state index in [1.165, 1.54) is 0 Å². The molecule has 1 unspecified atom stereocenters. The van der Waals surface area contributed by atoms with Gasteiger partial charge in [-0.15, -0.1) is 0 Å². The van der Waals surface area contributed by atoms with Gasteiger partial charge in [-0.1, -0.05) is 13.8 Å². The van der Waals surface area contributed by atoms with Gasteiger partial charge in [-0.2, -0.15) is 0 Å². The summed E-state index contributed by atoms with van der Waals surface area (Å²) >= 11 is 0. The van der Waals surface area contributed by atoms with Crippen LogP contribution in [0.5, 0.6) is 0 Å². The zero-order valence-electron chi connectivity index (χ0n) is 11.0. The minimum absolute atomic E-state index is 0.450. The van der Waals surface area contributed by atoms with Crippen molar-refractivity contribution in [2.75, 3.05) is 19.6 Å². The number of hydrogen-bond donors (Lipinski definition) is 3. The first-order chi connectivity index (χ1) is 7.61. The van der Waals surface area contributed by atoms with Crippen LogP contribution in [0.1, 0.15) is 27.7 Å². The number of allylic oxidation sites excluding steroid dienone is 3. The first-order valence-corrected chi connectivity index (χ1v) is 5.98. The monoisotopic (exact) mass is 226 g/mol. The Hall–Kier alpha value is -1.16. The highest BCUT2D eigenvalue weighted by molar-refractivity contribution is 5.13. The molecule has 1 aliphatic rings. The molecule has 0 saturated carbocycles. The predicted octanol–water partition coefficient (Wildman–Crippen LogP) is 0.969. The van der Waals surface area contributed by atoms with E-state index < -0.39 is 0 Å². The second-order valence-electron chi connectivity index (χ2n) is 3.75. The van der Waals surface area contributed by atoms with Gasteiger partial charge in [-0.25, -0.2) is 0 Å². The average molecular weight is 226 g/mol. The molecule has 0 aliphatic carbocycles. The molecule has 94 valence electrons. The van der Waals surface area contributed by atoms with E-state index in [-0.39, 0.29) is 0 Å². The maximum atomic E-state index is 5.95. The number of nitrogens with two attached hydrogens (primary N) is 2. The lowest BCUT2D eigenvalue weighted by molar-refractivity contribution is 0.221. The molecule has 1 fully saturated rings. The van der Waals surface area contributed by atoms with Crippen LogP contribution in [-0.4, -0.2) is 30.6 Å². The van der Waals surface area contributed by atoms with Crippen molar-refractivity contribution in [3.8, 4) is 0 Å². The predicted molar refractivity (Wildman–Crippen MR) is 70.6 cm³/mol. The normalized spacial score (nSPS) is 22.5. The summed E-state index contributed by atoms with van der Waals surface area (Å²) in [5.74, 6) is 0.795. The third kappa shape index (κ3) is 5.07. The number of nitrogens with zero attached hydrogens (tertiary/aromatic N) is 1. The average Bonchev–Trinajstić information content (AvgIpc) is 2.29. The van der Waals surface area contributed by atoms with Gasteiger partial charge < -0.3 is 21.7 Å². The Morgan fingerprint density at radius 3 is 2.44 bits per heavy atom. The van der Waals surface area contributed by atoms with Gasteiger partial charge in [0, 0.05) is 31.4 Å². The number of nitrogens with one attached hydrogen (secondary N) is 1. The molecule has 0 aromatic rings. The minimum atomic E-state index is 0.450. The van der Waals surface area contributed by atoms with Crippen molar-refractivity contribution in [2.24, 2.45) is 11.5 Å². The Kier molecular flexibility index (Phi) is 7.46. The van der Waals surface area contributed by atoms with Crippen LogP contribution in [0, 0.1) is 0 Å². The van der Waals surface area contributed by atoms with E-state index in [9.17, 15) is 0 Å². The van der Waals surface area contributed by atoms with Gasteiger partial charge in [0.2, 0.25) is 0 Å². The molecule has 0 bridgehead atoms. The maximum Gasteiger partial charge on any atom is 0.0990 e. The SMILES string of the molecule is C/C(N)=C/C=C(\N)N1CCNCC1C.CC. The lowest BCUT2D eigenvalue weighted by Gasteiger charge is -2.35. The van der Waals surface area contributed by atoms with E-state index in [0.717, 1.165) is 31.2 Å². The zero-order valence-corrected chi connectivity index (χ0v) is 11.0. The van der Waals surface area contributed by atoms with Gasteiger partial charge in [-0.05, 0) is 26.0 Å². The summed E-state index contributed by atoms with van der Waals surface area (Å²) in [6, 6.07) is 0.450. The highest BCUT2D eigenvalue weighted by Gasteiger charge is 2.17. The summed E-state index contributed by atoms with van der Waals surface area (Å²) in [4.78, 5) is 2.19. The fourth-order valence-corrected chi connectivity index (χ4v) is 1.54. The van der Waals surface area contributed by atoms with E-state index in [1.807, 2.05) is 32.9 Å². The van der Waals surface area contributed by atoms with Crippen LogP contribution < -0.4 is 16.8 Å². The third-order valence-corrected chi connectivity index (χ3v) is 2.35. The molecule has 1 atom stereocenters. The van der Waals surface area contributed by atoms with Crippen LogP contribution in [0.15, 0.2) is 23.7 Å². The van der Waals surface area contributed by atoms with E-state index >= 15 is 0 Å². The molecule has 0 aromatic heterocycles. The van der Waals surface area contributed by atoms with Crippen molar-refractivity contribution in [3.05, 3.63) is 23.7 Å². The second-order valence-corrected chi connectivity index (χ2v) is 3.75. The van der Waals surface area contributed by atoms with Gasteiger partial charge >= 0.3 is 0 Å². The molecule has 4 heteroatoms. The number of piperazine rings is 1. The number of rotatable bonds is 2. The molecular formula is C12H26N4. The van der Waals surface area contributed by atoms with Gasteiger partial charge in [0.1, 0.15) is 0 Å². The van der Waals surface area contributed by atoms with E-state index in [1.54, 1.807) is 0 Å². The highest BCUT2D eigenvalue weighted by Crippen LogP contribution is 2.07. The topological polar surface area (TPSA) is 67.3 Å². The lowest BCUT2D eigenvalue weighted by Crippen LogP contribution is -2.50. The Morgan fingerprint density at radius 2 is 1.94 bits per heavy atom. The van der Waals surface area contributed by atoms with Gasteiger partial charge in [0.15, 0.2) is 0 Å². The van der Waals surface area contributed by atoms with Gasteiger partial charge in [0.05, 0.1) is 5.82 Å². The molecular weight excluding hydrogens is 200 g/mol. The molecule has 0 spiro atoms. The zero-order chi connectivity index (χ0) is 12.6. The smallest absolute Gasteiger partial charge is 0.0990 e. The molecule has 0 radical (unpaired) electrons. The molecule has 16 heavy (non-hydrogen) atoms. The fourth-order valence-electron chi connectivity index (χ4n) is 1.54. The Bertz CT molecular complexity index is 241. The molecule has 0 amide bonds. The van der Waals surface area contributed by atoms with Crippen molar-refractivity contribution in [2.45, 2.75) is 33.7 Å². The number of hydrogen-bond acceptors (Lipinski definition) is 4. The summed E-state index contributed by atoms with van der Waals surface area (Å²) in [5.41, 5.74) is 12.3.